The molecule has 0 radical (unpaired) electrons. The van der Waals surface area contributed by atoms with E-state index in [4.69, 9.17) is 0 Å². The molecule has 0 saturated carbocycles. The third kappa shape index (κ3) is 7.50. The monoisotopic (exact) mass is 143 g/mol. The molecular weight excluding hydrogens is 130 g/mol. The van der Waals surface area contributed by atoms with E-state index in [0.29, 0.717) is 0 Å². The third-order valence-electron chi connectivity index (χ3n) is 0.808. The summed E-state index contributed by atoms with van der Waals surface area (Å²) in [4.78, 5) is 3.77. The van der Waals surface area contributed by atoms with Crippen molar-refractivity contribution in [3.8, 4) is 0 Å². The quantitative estimate of drug-likeness (QED) is 0.414. The minimum Gasteiger partial charge on any atom is -0.297 e. The van der Waals surface area contributed by atoms with Gasteiger partial charge < -0.3 is 0 Å². The average molecular weight is 143 g/mol. The van der Waals surface area contributed by atoms with Crippen LogP contribution < -0.4 is 0 Å². The van der Waals surface area contributed by atoms with Crippen molar-refractivity contribution in [3.63, 3.8) is 0 Å². The van der Waals surface area contributed by atoms with Crippen molar-refractivity contribution in [2.75, 3.05) is 7.05 Å². The largest absolute Gasteiger partial charge is 0.297 e. The second-order valence-electron chi connectivity index (χ2n) is 1.52. The van der Waals surface area contributed by atoms with Crippen molar-refractivity contribution in [3.05, 3.63) is 24.3 Å². The zero-order valence-electron chi connectivity index (χ0n) is 5.89. The first-order valence-electron chi connectivity index (χ1n) is 2.52. The summed E-state index contributed by atoms with van der Waals surface area (Å²) < 4.78 is 0. The summed E-state index contributed by atoms with van der Waals surface area (Å²) in [6.45, 7) is 5.56. The predicted molar refractivity (Wildman–Crippen MR) is 48.8 cm³/mol. The minimum absolute atomic E-state index is 0. The van der Waals surface area contributed by atoms with Crippen molar-refractivity contribution >= 4 is 19.7 Å². The van der Waals surface area contributed by atoms with Crippen LogP contribution in [0.15, 0.2) is 29.3 Å². The van der Waals surface area contributed by atoms with Gasteiger partial charge in [0.25, 0.3) is 0 Å². The molecule has 0 unspecified atom stereocenters. The number of rotatable bonds is 2. The molecule has 0 atom stereocenters. The first-order chi connectivity index (χ1) is 3.81. The molecule has 1 nitrogen and oxygen atoms in total. The van der Waals surface area contributed by atoms with E-state index in [0.717, 1.165) is 5.57 Å². The fourth-order valence-electron chi connectivity index (χ4n) is 0.260. The Labute approximate surface area is 63.6 Å². The van der Waals surface area contributed by atoms with Gasteiger partial charge in [0.15, 0.2) is 0 Å². The Morgan fingerprint density at radius 2 is 2.11 bits per heavy atom. The number of hydrogen-bond acceptors (Lipinski definition) is 1. The molecule has 0 aliphatic rings. The summed E-state index contributed by atoms with van der Waals surface area (Å²) in [7, 11) is 1.74. The highest BCUT2D eigenvalue weighted by molar-refractivity contribution is 7.59. The van der Waals surface area contributed by atoms with Gasteiger partial charge in [-0.05, 0) is 13.0 Å². The van der Waals surface area contributed by atoms with Gasteiger partial charge in [-0.3, -0.25) is 4.99 Å². The Bertz CT molecular complexity index is 125. The summed E-state index contributed by atoms with van der Waals surface area (Å²) in [5.41, 5.74) is 1.13. The highest BCUT2D eigenvalue weighted by atomic mass is 32.1. The van der Waals surface area contributed by atoms with Crippen LogP contribution in [0.5, 0.6) is 0 Å². The standard InChI is InChI=1S/C7H11N.H2S/c1-4-7(2)5-6-8-3;/h4-6H,1H2,2-3H3;1H2/b7-5-,8-6?;. The van der Waals surface area contributed by atoms with E-state index < -0.39 is 0 Å². The van der Waals surface area contributed by atoms with E-state index in [2.05, 4.69) is 11.6 Å². The smallest absolute Gasteiger partial charge is 0.0277 e. The molecule has 0 aliphatic carbocycles. The highest BCUT2D eigenvalue weighted by Gasteiger charge is 1.70. The summed E-state index contributed by atoms with van der Waals surface area (Å²) in [6.07, 6.45) is 5.45. The molecule has 2 heteroatoms. The zero-order valence-corrected chi connectivity index (χ0v) is 6.89. The molecule has 0 N–H and O–H groups in total. The van der Waals surface area contributed by atoms with E-state index in [-0.39, 0.29) is 13.5 Å². The van der Waals surface area contributed by atoms with E-state index in [9.17, 15) is 0 Å². The van der Waals surface area contributed by atoms with E-state index >= 15 is 0 Å². The van der Waals surface area contributed by atoms with Gasteiger partial charge in [0, 0.05) is 13.3 Å². The zero-order chi connectivity index (χ0) is 6.41. The van der Waals surface area contributed by atoms with Gasteiger partial charge in [-0.15, -0.1) is 0 Å². The average Bonchev–Trinajstić information content (AvgIpc) is 1.83. The van der Waals surface area contributed by atoms with E-state index in [1.807, 2.05) is 13.0 Å². The maximum Gasteiger partial charge on any atom is 0.0277 e. The Morgan fingerprint density at radius 1 is 1.56 bits per heavy atom. The Morgan fingerprint density at radius 3 is 2.44 bits per heavy atom. The lowest BCUT2D eigenvalue weighted by Gasteiger charge is -1.81. The van der Waals surface area contributed by atoms with Crippen LogP contribution in [0, 0.1) is 0 Å². The van der Waals surface area contributed by atoms with Crippen LogP contribution in [-0.4, -0.2) is 13.3 Å². The molecule has 52 valence electrons. The minimum atomic E-state index is 0. The fraction of sp³-hybridized carbons (Fsp3) is 0.286. The molecule has 0 amide bonds. The molecule has 0 aromatic carbocycles. The van der Waals surface area contributed by atoms with Crippen LogP contribution in [-0.2, 0) is 0 Å². The van der Waals surface area contributed by atoms with E-state index in [1.54, 1.807) is 19.3 Å². The predicted octanol–water partition coefficient (Wildman–Crippen LogP) is 1.93. The maximum atomic E-state index is 3.77. The van der Waals surface area contributed by atoms with Crippen molar-refractivity contribution in [1.82, 2.24) is 0 Å². The molecule has 0 aromatic heterocycles. The van der Waals surface area contributed by atoms with Crippen molar-refractivity contribution < 1.29 is 0 Å². The molecule has 0 fully saturated rings. The van der Waals surface area contributed by atoms with Gasteiger partial charge in [-0.25, -0.2) is 0 Å². The second kappa shape index (κ2) is 7.50. The molecule has 0 aromatic rings. The lowest BCUT2D eigenvalue weighted by Crippen LogP contribution is -1.67. The third-order valence-corrected chi connectivity index (χ3v) is 0.808. The molecule has 9 heavy (non-hydrogen) atoms. The highest BCUT2D eigenvalue weighted by Crippen LogP contribution is 1.88. The van der Waals surface area contributed by atoms with Gasteiger partial charge in [0.05, 0.1) is 0 Å². The SMILES string of the molecule is C=C/C(C)=C\C=NC.S. The number of allylic oxidation sites excluding steroid dienone is 3. The fourth-order valence-corrected chi connectivity index (χ4v) is 0.260. The first-order valence-corrected chi connectivity index (χ1v) is 2.52. The van der Waals surface area contributed by atoms with E-state index in [1.165, 1.54) is 0 Å². The van der Waals surface area contributed by atoms with Crippen LogP contribution in [0.4, 0.5) is 0 Å². The maximum absolute atomic E-state index is 3.77. The lowest BCUT2D eigenvalue weighted by atomic mass is 10.3. The molecule has 0 heterocycles. The summed E-state index contributed by atoms with van der Waals surface area (Å²) in [5.74, 6) is 0. The molecule has 0 spiro atoms. The van der Waals surface area contributed by atoms with Gasteiger partial charge in [-0.2, -0.15) is 13.5 Å². The molecule has 0 bridgehead atoms. The summed E-state index contributed by atoms with van der Waals surface area (Å²) in [5, 5.41) is 0. The normalized spacial score (nSPS) is 11.1. The van der Waals surface area contributed by atoms with Crippen molar-refractivity contribution in [2.24, 2.45) is 4.99 Å². The van der Waals surface area contributed by atoms with Gasteiger partial charge >= 0.3 is 0 Å². The number of hydrogen-bond donors (Lipinski definition) is 0. The van der Waals surface area contributed by atoms with Gasteiger partial charge in [0.1, 0.15) is 0 Å². The molecule has 0 saturated heterocycles. The topological polar surface area (TPSA) is 12.4 Å². The van der Waals surface area contributed by atoms with Crippen LogP contribution in [0.2, 0.25) is 0 Å². The van der Waals surface area contributed by atoms with Crippen molar-refractivity contribution in [1.29, 1.82) is 0 Å². The number of nitrogens with zero attached hydrogens (tertiary/aromatic N) is 1. The second-order valence-corrected chi connectivity index (χ2v) is 1.52. The first kappa shape index (κ1) is 11.3. The van der Waals surface area contributed by atoms with Crippen LogP contribution >= 0.6 is 13.5 Å². The van der Waals surface area contributed by atoms with Crippen LogP contribution in [0.1, 0.15) is 6.92 Å². The molecule has 0 aliphatic heterocycles. The van der Waals surface area contributed by atoms with Gasteiger partial charge in [0.2, 0.25) is 0 Å². The Hall–Kier alpha value is -0.500. The number of aliphatic imine (C=N–C) groups is 1. The summed E-state index contributed by atoms with van der Waals surface area (Å²) >= 11 is 0. The van der Waals surface area contributed by atoms with Gasteiger partial charge in [-0.1, -0.05) is 18.2 Å². The Balaban J connectivity index is 0. The van der Waals surface area contributed by atoms with Crippen molar-refractivity contribution in [2.45, 2.75) is 6.92 Å². The lowest BCUT2D eigenvalue weighted by molar-refractivity contribution is 1.46. The van der Waals surface area contributed by atoms with Crippen LogP contribution in [0.25, 0.3) is 0 Å². The Kier molecular flexibility index (Phi) is 9.43. The molecule has 0 rings (SSSR count). The molecular formula is C7H13NS. The van der Waals surface area contributed by atoms with Crippen LogP contribution in [0.3, 0.4) is 0 Å². The summed E-state index contributed by atoms with van der Waals surface area (Å²) in [6, 6.07) is 0.